The van der Waals surface area contributed by atoms with Crippen molar-refractivity contribution in [1.82, 2.24) is 4.90 Å². The van der Waals surface area contributed by atoms with Crippen LogP contribution in [0.2, 0.25) is 0 Å². The van der Waals surface area contributed by atoms with E-state index in [2.05, 4.69) is 17.5 Å². The molecule has 0 spiro atoms. The van der Waals surface area contributed by atoms with Crippen LogP contribution in [0.1, 0.15) is 38.5 Å². The molecule has 0 aromatic heterocycles. The first-order valence-corrected chi connectivity index (χ1v) is 6.55. The molecular formula is C11H24N2S. The van der Waals surface area contributed by atoms with E-state index in [1.807, 2.05) is 0 Å². The Morgan fingerprint density at radius 1 is 1.14 bits per heavy atom. The summed E-state index contributed by atoms with van der Waals surface area (Å²) in [5, 5.41) is 0. The van der Waals surface area contributed by atoms with E-state index in [4.69, 9.17) is 5.73 Å². The summed E-state index contributed by atoms with van der Waals surface area (Å²) in [5.74, 6) is 1.01. The molecule has 0 aromatic carbocycles. The molecule has 0 aromatic rings. The van der Waals surface area contributed by atoms with E-state index in [1.54, 1.807) is 0 Å². The Morgan fingerprint density at radius 3 is 2.64 bits per heavy atom. The molecule has 1 atom stereocenters. The molecule has 0 amide bonds. The van der Waals surface area contributed by atoms with Crippen LogP contribution in [0.3, 0.4) is 0 Å². The van der Waals surface area contributed by atoms with Gasteiger partial charge in [0.25, 0.3) is 0 Å². The minimum atomic E-state index is 0.458. The quantitative estimate of drug-likeness (QED) is 0.706. The lowest BCUT2D eigenvalue weighted by Crippen LogP contribution is -2.27. The fourth-order valence-corrected chi connectivity index (χ4v) is 2.23. The Labute approximate surface area is 93.6 Å². The normalized spacial score (nSPS) is 26.6. The predicted molar refractivity (Wildman–Crippen MR) is 66.0 cm³/mol. The Kier molecular flexibility index (Phi) is 6.65. The molecule has 0 saturated carbocycles. The Hall–Kier alpha value is 0.270. The molecule has 1 aliphatic rings. The Balaban J connectivity index is 2.22. The van der Waals surface area contributed by atoms with Gasteiger partial charge in [0.1, 0.15) is 0 Å². The summed E-state index contributed by atoms with van der Waals surface area (Å²) in [6, 6.07) is 0.458. The van der Waals surface area contributed by atoms with Crippen LogP contribution in [-0.4, -0.2) is 36.3 Å². The lowest BCUT2D eigenvalue weighted by atomic mass is 10.1. The fourth-order valence-electron chi connectivity index (χ4n) is 2.09. The molecular weight excluding hydrogens is 192 g/mol. The molecule has 0 bridgehead atoms. The monoisotopic (exact) mass is 216 g/mol. The van der Waals surface area contributed by atoms with Crippen molar-refractivity contribution < 1.29 is 0 Å². The summed E-state index contributed by atoms with van der Waals surface area (Å²) in [5.41, 5.74) is 5.99. The summed E-state index contributed by atoms with van der Waals surface area (Å²) in [7, 11) is 0. The lowest BCUT2D eigenvalue weighted by molar-refractivity contribution is 0.270. The molecule has 84 valence electrons. The first kappa shape index (κ1) is 12.3. The van der Waals surface area contributed by atoms with E-state index in [0.29, 0.717) is 6.04 Å². The highest BCUT2D eigenvalue weighted by Gasteiger charge is 2.10. The maximum Gasteiger partial charge on any atom is 0.00393 e. The zero-order valence-corrected chi connectivity index (χ0v) is 10.0. The van der Waals surface area contributed by atoms with E-state index < -0.39 is 0 Å². The van der Waals surface area contributed by atoms with E-state index in [1.165, 1.54) is 58.2 Å². The van der Waals surface area contributed by atoms with E-state index in [0.717, 1.165) is 5.75 Å². The van der Waals surface area contributed by atoms with Gasteiger partial charge in [0.2, 0.25) is 0 Å². The second kappa shape index (κ2) is 7.55. The third kappa shape index (κ3) is 5.23. The van der Waals surface area contributed by atoms with Crippen LogP contribution < -0.4 is 5.73 Å². The van der Waals surface area contributed by atoms with Crippen molar-refractivity contribution in [2.75, 3.05) is 25.4 Å². The smallest absolute Gasteiger partial charge is 0.00393 e. The topological polar surface area (TPSA) is 29.3 Å². The van der Waals surface area contributed by atoms with E-state index in [-0.39, 0.29) is 0 Å². The van der Waals surface area contributed by atoms with E-state index in [9.17, 15) is 0 Å². The highest BCUT2D eigenvalue weighted by atomic mass is 32.1. The summed E-state index contributed by atoms with van der Waals surface area (Å²) < 4.78 is 0. The number of hydrogen-bond acceptors (Lipinski definition) is 3. The molecule has 0 aliphatic carbocycles. The van der Waals surface area contributed by atoms with Gasteiger partial charge in [-0.3, -0.25) is 0 Å². The van der Waals surface area contributed by atoms with Gasteiger partial charge in [-0.15, -0.1) is 0 Å². The highest BCUT2D eigenvalue weighted by Crippen LogP contribution is 2.10. The molecule has 1 fully saturated rings. The maximum atomic E-state index is 5.99. The van der Waals surface area contributed by atoms with Crippen molar-refractivity contribution in [2.45, 2.75) is 44.6 Å². The Morgan fingerprint density at radius 2 is 1.86 bits per heavy atom. The standard InChI is InChI=1S/C11H24N2S/c12-11-5-1-2-7-13(8-3-6-11)9-4-10-14/h11,14H,1-10,12H2. The molecule has 14 heavy (non-hydrogen) atoms. The van der Waals surface area contributed by atoms with Gasteiger partial charge in [-0.05, 0) is 57.5 Å². The van der Waals surface area contributed by atoms with Crippen LogP contribution in [0.15, 0.2) is 0 Å². The van der Waals surface area contributed by atoms with Crippen LogP contribution in [0.25, 0.3) is 0 Å². The van der Waals surface area contributed by atoms with Crippen LogP contribution in [0.5, 0.6) is 0 Å². The van der Waals surface area contributed by atoms with Crippen molar-refractivity contribution >= 4 is 12.6 Å². The van der Waals surface area contributed by atoms with Crippen LogP contribution >= 0.6 is 12.6 Å². The SMILES string of the molecule is NC1CCCCN(CCCS)CCC1. The number of rotatable bonds is 3. The summed E-state index contributed by atoms with van der Waals surface area (Å²) in [6.45, 7) is 3.72. The largest absolute Gasteiger partial charge is 0.328 e. The average Bonchev–Trinajstić information content (AvgIpc) is 2.28. The predicted octanol–water partition coefficient (Wildman–Crippen LogP) is 1.90. The molecule has 3 heteroatoms. The van der Waals surface area contributed by atoms with Crippen LogP contribution in [-0.2, 0) is 0 Å². The van der Waals surface area contributed by atoms with Crippen molar-refractivity contribution in [2.24, 2.45) is 5.73 Å². The summed E-state index contributed by atoms with van der Waals surface area (Å²) >= 11 is 4.26. The number of thiol groups is 1. The van der Waals surface area contributed by atoms with Crippen molar-refractivity contribution in [3.63, 3.8) is 0 Å². The number of nitrogens with zero attached hydrogens (tertiary/aromatic N) is 1. The van der Waals surface area contributed by atoms with Crippen LogP contribution in [0.4, 0.5) is 0 Å². The molecule has 1 saturated heterocycles. The molecule has 0 radical (unpaired) electrons. The minimum absolute atomic E-state index is 0.458. The zero-order valence-electron chi connectivity index (χ0n) is 9.12. The zero-order chi connectivity index (χ0) is 10.2. The Bertz CT molecular complexity index is 141. The van der Waals surface area contributed by atoms with Gasteiger partial charge >= 0.3 is 0 Å². The van der Waals surface area contributed by atoms with Gasteiger partial charge in [0.05, 0.1) is 0 Å². The summed E-state index contributed by atoms with van der Waals surface area (Å²) in [4.78, 5) is 2.58. The molecule has 2 nitrogen and oxygen atoms in total. The third-order valence-electron chi connectivity index (χ3n) is 2.98. The minimum Gasteiger partial charge on any atom is -0.328 e. The number of nitrogens with two attached hydrogens (primary N) is 1. The van der Waals surface area contributed by atoms with Gasteiger partial charge in [-0.2, -0.15) is 12.6 Å². The molecule has 1 heterocycles. The van der Waals surface area contributed by atoms with E-state index >= 15 is 0 Å². The highest BCUT2D eigenvalue weighted by molar-refractivity contribution is 7.80. The van der Waals surface area contributed by atoms with Gasteiger partial charge in [0.15, 0.2) is 0 Å². The van der Waals surface area contributed by atoms with Gasteiger partial charge in [-0.1, -0.05) is 6.42 Å². The fraction of sp³-hybridized carbons (Fsp3) is 1.00. The van der Waals surface area contributed by atoms with Crippen molar-refractivity contribution in [1.29, 1.82) is 0 Å². The van der Waals surface area contributed by atoms with Gasteiger partial charge < -0.3 is 10.6 Å². The molecule has 1 unspecified atom stereocenters. The van der Waals surface area contributed by atoms with Crippen molar-refractivity contribution in [3.8, 4) is 0 Å². The first-order valence-electron chi connectivity index (χ1n) is 5.91. The first-order chi connectivity index (χ1) is 6.83. The summed E-state index contributed by atoms with van der Waals surface area (Å²) in [6.07, 6.45) is 7.54. The molecule has 2 N–H and O–H groups in total. The maximum absolute atomic E-state index is 5.99. The second-order valence-electron chi connectivity index (χ2n) is 4.32. The number of hydrogen-bond donors (Lipinski definition) is 2. The van der Waals surface area contributed by atoms with Crippen LogP contribution in [0, 0.1) is 0 Å². The molecule has 1 rings (SSSR count). The lowest BCUT2D eigenvalue weighted by Gasteiger charge is -2.20. The van der Waals surface area contributed by atoms with Crippen molar-refractivity contribution in [3.05, 3.63) is 0 Å². The average molecular weight is 216 g/mol. The van der Waals surface area contributed by atoms with Gasteiger partial charge in [-0.25, -0.2) is 0 Å². The van der Waals surface area contributed by atoms with Gasteiger partial charge in [0, 0.05) is 6.04 Å². The third-order valence-corrected chi connectivity index (χ3v) is 3.30. The second-order valence-corrected chi connectivity index (χ2v) is 4.76. The molecule has 1 aliphatic heterocycles.